The van der Waals surface area contributed by atoms with Gasteiger partial charge in [0.25, 0.3) is 5.56 Å². The third kappa shape index (κ3) is 9.60. The van der Waals surface area contributed by atoms with Crippen LogP contribution in [0.5, 0.6) is 0 Å². The predicted octanol–water partition coefficient (Wildman–Crippen LogP) is 7.52. The number of carboxylic acids is 1. The van der Waals surface area contributed by atoms with Gasteiger partial charge in [0.05, 0.1) is 28.2 Å². The molecule has 0 spiro atoms. The van der Waals surface area contributed by atoms with Crippen LogP contribution in [-0.2, 0) is 28.7 Å². The van der Waals surface area contributed by atoms with Crippen molar-refractivity contribution in [3.63, 3.8) is 0 Å². The standard InChI is InChI=1S/C34H39F4N5O4/c1-6-25(35)14-11-22(3)43-29(9-7-8-10-30(44)45)41-28-20-23(12-15-26(28)31(43)46)17-18-33(4,47-40-5)32(39)42-27-16-13-24(19-21(27)2)34(36,37)38/h6,11-16,19-20,22H,5,7-10,17-18H2,1-4H3,(H2,39,42)(H,44,45)/b14-11-,25-6+/t22-,33?/m1/s1. The van der Waals surface area contributed by atoms with Gasteiger partial charge in [0.15, 0.2) is 5.60 Å². The molecular weight excluding hydrogens is 618 g/mol. The molecule has 1 unspecified atom stereocenters. The Balaban J connectivity index is 1.95. The zero-order valence-electron chi connectivity index (χ0n) is 26.8. The number of aliphatic carboxylic acids is 1. The third-order valence-corrected chi connectivity index (χ3v) is 7.76. The lowest BCUT2D eigenvalue weighted by Crippen LogP contribution is -2.43. The van der Waals surface area contributed by atoms with E-state index in [2.05, 4.69) is 16.9 Å². The van der Waals surface area contributed by atoms with Crippen LogP contribution in [0, 0.1) is 6.92 Å². The van der Waals surface area contributed by atoms with Gasteiger partial charge in [0, 0.05) is 26.0 Å². The number of allylic oxidation sites excluding steroid dienone is 4. The summed E-state index contributed by atoms with van der Waals surface area (Å²) in [6, 6.07) is 7.80. The highest BCUT2D eigenvalue weighted by Gasteiger charge is 2.33. The van der Waals surface area contributed by atoms with Gasteiger partial charge in [-0.15, -0.1) is 5.16 Å². The summed E-state index contributed by atoms with van der Waals surface area (Å²) < 4.78 is 54.7. The normalized spacial score (nSPS) is 14.7. The largest absolute Gasteiger partial charge is 0.481 e. The second-order valence-corrected chi connectivity index (χ2v) is 11.4. The fourth-order valence-corrected chi connectivity index (χ4v) is 4.97. The first-order valence-corrected chi connectivity index (χ1v) is 15.0. The Labute approximate surface area is 270 Å². The molecule has 0 fully saturated rings. The molecule has 3 aromatic rings. The van der Waals surface area contributed by atoms with Gasteiger partial charge < -0.3 is 15.7 Å². The lowest BCUT2D eigenvalue weighted by molar-refractivity contribution is -0.138. The maximum Gasteiger partial charge on any atom is 0.416 e. The molecule has 2 aromatic carbocycles. The fourth-order valence-electron chi connectivity index (χ4n) is 4.97. The molecule has 1 heterocycles. The first-order valence-electron chi connectivity index (χ1n) is 15.0. The minimum atomic E-state index is -4.49. The summed E-state index contributed by atoms with van der Waals surface area (Å²) in [7, 11) is 0. The van der Waals surface area contributed by atoms with Crippen molar-refractivity contribution in [3.8, 4) is 0 Å². The number of halogens is 4. The minimum absolute atomic E-state index is 0.0187. The molecule has 0 radical (unpaired) electrons. The van der Waals surface area contributed by atoms with Crippen LogP contribution in [0.25, 0.3) is 10.9 Å². The number of nitrogens with zero attached hydrogens (tertiary/aromatic N) is 4. The molecule has 0 bridgehead atoms. The van der Waals surface area contributed by atoms with Gasteiger partial charge in [0.2, 0.25) is 0 Å². The molecule has 0 amide bonds. The number of alkyl halides is 3. The van der Waals surface area contributed by atoms with Crippen LogP contribution in [0.2, 0.25) is 0 Å². The van der Waals surface area contributed by atoms with Crippen molar-refractivity contribution < 1.29 is 32.3 Å². The number of carboxylic acid groups (broad SMARTS) is 1. The molecular formula is C34H39F4N5O4. The number of unbranched alkanes of at least 4 members (excludes halogenated alkanes) is 1. The Morgan fingerprint density at radius 1 is 1.19 bits per heavy atom. The van der Waals surface area contributed by atoms with Crippen LogP contribution in [0.3, 0.4) is 0 Å². The van der Waals surface area contributed by atoms with Crippen LogP contribution in [0.15, 0.2) is 75.4 Å². The average Bonchev–Trinajstić information content (AvgIpc) is 3.01. The molecule has 0 saturated carbocycles. The summed E-state index contributed by atoms with van der Waals surface area (Å²) in [4.78, 5) is 39.3. The summed E-state index contributed by atoms with van der Waals surface area (Å²) in [5.74, 6) is -0.946. The number of hydrogen-bond donors (Lipinski definition) is 2. The van der Waals surface area contributed by atoms with Crippen molar-refractivity contribution in [3.05, 3.63) is 93.3 Å². The van der Waals surface area contributed by atoms with Crippen molar-refractivity contribution in [2.45, 2.75) is 84.0 Å². The Morgan fingerprint density at radius 3 is 2.53 bits per heavy atom. The highest BCUT2D eigenvalue weighted by atomic mass is 19.4. The van der Waals surface area contributed by atoms with E-state index in [9.17, 15) is 27.2 Å². The summed E-state index contributed by atoms with van der Waals surface area (Å²) >= 11 is 0. The van der Waals surface area contributed by atoms with Crippen LogP contribution >= 0.6 is 0 Å². The number of benzene rings is 2. The van der Waals surface area contributed by atoms with Gasteiger partial charge >= 0.3 is 12.1 Å². The average molecular weight is 658 g/mol. The molecule has 47 heavy (non-hydrogen) atoms. The SMILES string of the molecule is C=NOC(C)(CCc1ccc2c(=O)n([C@H](C)/C=C\C(F)=C/C)c(CCCCC(=O)O)nc2c1)C(N)=Nc1ccc(C(F)(F)F)cc1C. The summed E-state index contributed by atoms with van der Waals surface area (Å²) in [6.07, 6.45) is 1.44. The van der Waals surface area contributed by atoms with Crippen molar-refractivity contribution >= 4 is 35.1 Å². The number of carbonyl (C=O) groups is 1. The van der Waals surface area contributed by atoms with Gasteiger partial charge in [-0.1, -0.05) is 18.2 Å². The van der Waals surface area contributed by atoms with Gasteiger partial charge in [-0.3, -0.25) is 14.2 Å². The lowest BCUT2D eigenvalue weighted by Gasteiger charge is -2.26. The molecule has 3 N–H and O–H groups in total. The molecule has 3 rings (SSSR count). The van der Waals surface area contributed by atoms with Crippen molar-refractivity contribution in [2.24, 2.45) is 15.9 Å². The number of aromatic nitrogens is 2. The second kappa shape index (κ2) is 15.7. The van der Waals surface area contributed by atoms with Crippen LogP contribution in [-0.4, -0.2) is 38.8 Å². The Kier molecular flexibility index (Phi) is 12.2. The van der Waals surface area contributed by atoms with E-state index in [1.54, 1.807) is 45.0 Å². The summed E-state index contributed by atoms with van der Waals surface area (Å²) in [6.45, 7) is 9.82. The monoisotopic (exact) mass is 657 g/mol. The molecule has 252 valence electrons. The van der Waals surface area contributed by atoms with Gasteiger partial charge in [-0.05, 0) is 94.5 Å². The van der Waals surface area contributed by atoms with E-state index < -0.39 is 35.2 Å². The number of rotatable bonds is 15. The topological polar surface area (TPSA) is 132 Å². The number of hydrogen-bond acceptors (Lipinski definition) is 6. The summed E-state index contributed by atoms with van der Waals surface area (Å²) in [5.41, 5.74) is 5.66. The third-order valence-electron chi connectivity index (χ3n) is 7.76. The Bertz CT molecular complexity index is 1760. The van der Waals surface area contributed by atoms with Crippen LogP contribution < -0.4 is 11.3 Å². The van der Waals surface area contributed by atoms with Gasteiger partial charge in [-0.2, -0.15) is 13.2 Å². The molecule has 1 aromatic heterocycles. The molecule has 0 saturated heterocycles. The molecule has 13 heteroatoms. The number of aliphatic imine (C=N–C) groups is 1. The fraction of sp³-hybridized carbons (Fsp3) is 0.382. The Morgan fingerprint density at radius 2 is 1.91 bits per heavy atom. The van der Waals surface area contributed by atoms with E-state index >= 15 is 0 Å². The number of aryl methyl sites for hydroxylation is 3. The molecule has 2 atom stereocenters. The maximum absolute atomic E-state index is 13.8. The Hall–Kier alpha value is -4.81. The van der Waals surface area contributed by atoms with E-state index in [-0.39, 0.29) is 35.5 Å². The second-order valence-electron chi connectivity index (χ2n) is 11.4. The van der Waals surface area contributed by atoms with Gasteiger partial charge in [0.1, 0.15) is 17.5 Å². The van der Waals surface area contributed by atoms with E-state index in [1.807, 2.05) is 0 Å². The van der Waals surface area contributed by atoms with E-state index in [0.717, 1.165) is 17.7 Å². The zero-order chi connectivity index (χ0) is 34.9. The van der Waals surface area contributed by atoms with E-state index in [1.165, 1.54) is 29.7 Å². The summed E-state index contributed by atoms with van der Waals surface area (Å²) in [5, 5.41) is 12.9. The molecule has 0 aliphatic rings. The molecule has 0 aliphatic carbocycles. The number of fused-ring (bicyclic) bond motifs is 1. The number of oxime groups is 1. The molecule has 0 aliphatic heterocycles. The van der Waals surface area contributed by atoms with E-state index in [4.69, 9.17) is 20.7 Å². The smallest absolute Gasteiger partial charge is 0.416 e. The maximum atomic E-state index is 13.8. The number of amidine groups is 1. The highest BCUT2D eigenvalue weighted by Crippen LogP contribution is 2.33. The zero-order valence-corrected chi connectivity index (χ0v) is 26.8. The van der Waals surface area contributed by atoms with Gasteiger partial charge in [-0.25, -0.2) is 14.4 Å². The molecule has 9 nitrogen and oxygen atoms in total. The minimum Gasteiger partial charge on any atom is -0.481 e. The van der Waals surface area contributed by atoms with Crippen molar-refractivity contribution in [1.29, 1.82) is 0 Å². The quantitative estimate of drug-likeness (QED) is 0.0434. The predicted molar refractivity (Wildman–Crippen MR) is 175 cm³/mol. The lowest BCUT2D eigenvalue weighted by atomic mass is 9.95. The van der Waals surface area contributed by atoms with Crippen LogP contribution in [0.1, 0.15) is 75.0 Å². The highest BCUT2D eigenvalue weighted by molar-refractivity contribution is 5.91. The van der Waals surface area contributed by atoms with Crippen LogP contribution in [0.4, 0.5) is 23.2 Å². The van der Waals surface area contributed by atoms with Crippen molar-refractivity contribution in [1.82, 2.24) is 9.55 Å². The van der Waals surface area contributed by atoms with E-state index in [0.29, 0.717) is 42.4 Å². The van der Waals surface area contributed by atoms with Crippen molar-refractivity contribution in [2.75, 3.05) is 0 Å². The number of nitrogens with two attached hydrogens (primary N) is 1. The first-order chi connectivity index (χ1) is 22.1. The first kappa shape index (κ1) is 36.7.